The number of aliphatic hydroxyl groups is 1. The zero-order valence-corrected chi connectivity index (χ0v) is 11.0. The van der Waals surface area contributed by atoms with Gasteiger partial charge >= 0.3 is 5.97 Å². The highest BCUT2D eigenvalue weighted by molar-refractivity contribution is 5.71. The number of rotatable bonds is 9. The van der Waals surface area contributed by atoms with Gasteiger partial charge < -0.3 is 19.7 Å². The molecule has 5 nitrogen and oxygen atoms in total. The van der Waals surface area contributed by atoms with E-state index in [2.05, 4.69) is 0 Å². The van der Waals surface area contributed by atoms with E-state index in [-0.39, 0.29) is 13.0 Å². The van der Waals surface area contributed by atoms with Gasteiger partial charge in [0.25, 0.3) is 0 Å². The highest BCUT2D eigenvalue weighted by atomic mass is 16.5. The van der Waals surface area contributed by atoms with Gasteiger partial charge in [-0.1, -0.05) is 12.1 Å². The van der Waals surface area contributed by atoms with Gasteiger partial charge in [-0.25, -0.2) is 4.79 Å². The highest BCUT2D eigenvalue weighted by Gasteiger charge is 2.11. The van der Waals surface area contributed by atoms with Gasteiger partial charge in [0.2, 0.25) is 0 Å². The molecule has 1 atom stereocenters. The summed E-state index contributed by atoms with van der Waals surface area (Å²) in [5, 5.41) is 17.5. The molecule has 0 radical (unpaired) electrons. The number of hydrogen-bond donors (Lipinski definition) is 2. The number of aliphatic carboxylic acids is 1. The average molecular weight is 268 g/mol. The van der Waals surface area contributed by atoms with Crippen LogP contribution in [0, 0.1) is 0 Å². The van der Waals surface area contributed by atoms with E-state index < -0.39 is 12.1 Å². The SMILES string of the molecule is CCOc1ccc(CCOCCC(O)C(=O)O)cc1. The lowest BCUT2D eigenvalue weighted by atomic mass is 10.1. The molecule has 0 fully saturated rings. The largest absolute Gasteiger partial charge is 0.494 e. The fourth-order valence-electron chi connectivity index (χ4n) is 1.53. The maximum absolute atomic E-state index is 10.4. The van der Waals surface area contributed by atoms with Gasteiger partial charge in [0, 0.05) is 13.0 Å². The van der Waals surface area contributed by atoms with Crippen molar-refractivity contribution in [3.63, 3.8) is 0 Å². The molecule has 5 heteroatoms. The summed E-state index contributed by atoms with van der Waals surface area (Å²) in [6.07, 6.45) is -0.487. The lowest BCUT2D eigenvalue weighted by Gasteiger charge is -2.07. The standard InChI is InChI=1S/C14H20O5/c1-2-19-12-5-3-11(4-6-12)7-9-18-10-8-13(15)14(16)17/h3-6,13,15H,2,7-10H2,1H3,(H,16,17). The molecule has 19 heavy (non-hydrogen) atoms. The quantitative estimate of drug-likeness (QED) is 0.663. The van der Waals surface area contributed by atoms with Crippen molar-refractivity contribution in [3.05, 3.63) is 29.8 Å². The molecule has 0 aliphatic heterocycles. The van der Waals surface area contributed by atoms with Crippen molar-refractivity contribution >= 4 is 5.97 Å². The minimum atomic E-state index is -1.34. The second-order valence-electron chi connectivity index (χ2n) is 4.08. The van der Waals surface area contributed by atoms with Gasteiger partial charge in [-0.2, -0.15) is 0 Å². The molecular formula is C14H20O5. The summed E-state index contributed by atoms with van der Waals surface area (Å²) >= 11 is 0. The Morgan fingerprint density at radius 3 is 2.53 bits per heavy atom. The maximum atomic E-state index is 10.4. The summed E-state index contributed by atoms with van der Waals surface area (Å²) in [6, 6.07) is 7.76. The molecule has 0 heterocycles. The second-order valence-corrected chi connectivity index (χ2v) is 4.08. The number of carbonyl (C=O) groups is 1. The van der Waals surface area contributed by atoms with Gasteiger partial charge in [-0.05, 0) is 31.0 Å². The Labute approximate surface area is 112 Å². The van der Waals surface area contributed by atoms with Crippen LogP contribution < -0.4 is 4.74 Å². The van der Waals surface area contributed by atoms with E-state index in [0.29, 0.717) is 13.2 Å². The maximum Gasteiger partial charge on any atom is 0.332 e. The summed E-state index contributed by atoms with van der Waals surface area (Å²) in [4.78, 5) is 10.4. The molecule has 0 amide bonds. The van der Waals surface area contributed by atoms with Crippen LogP contribution in [-0.2, 0) is 16.0 Å². The van der Waals surface area contributed by atoms with Crippen LogP contribution in [0.15, 0.2) is 24.3 Å². The van der Waals surface area contributed by atoms with Crippen LogP contribution in [0.2, 0.25) is 0 Å². The van der Waals surface area contributed by atoms with Crippen LogP contribution in [0.3, 0.4) is 0 Å². The first-order valence-electron chi connectivity index (χ1n) is 6.34. The molecule has 1 aromatic rings. The van der Waals surface area contributed by atoms with Crippen LogP contribution in [0.5, 0.6) is 5.75 Å². The van der Waals surface area contributed by atoms with Crippen molar-refractivity contribution in [1.29, 1.82) is 0 Å². The van der Waals surface area contributed by atoms with Crippen LogP contribution >= 0.6 is 0 Å². The van der Waals surface area contributed by atoms with E-state index in [0.717, 1.165) is 17.7 Å². The third kappa shape index (κ3) is 6.22. The molecule has 1 unspecified atom stereocenters. The number of ether oxygens (including phenoxy) is 2. The van der Waals surface area contributed by atoms with Crippen LogP contribution in [0.4, 0.5) is 0 Å². The summed E-state index contributed by atoms with van der Waals surface area (Å²) < 4.78 is 10.6. The van der Waals surface area contributed by atoms with Crippen molar-refractivity contribution in [2.45, 2.75) is 25.9 Å². The van der Waals surface area contributed by atoms with Crippen LogP contribution in [-0.4, -0.2) is 42.1 Å². The predicted octanol–water partition coefficient (Wildman–Crippen LogP) is 1.48. The molecule has 1 rings (SSSR count). The molecule has 0 aliphatic carbocycles. The van der Waals surface area contributed by atoms with Gasteiger partial charge in [0.1, 0.15) is 5.75 Å². The van der Waals surface area contributed by atoms with Crippen molar-refractivity contribution in [2.75, 3.05) is 19.8 Å². The van der Waals surface area contributed by atoms with E-state index in [1.807, 2.05) is 31.2 Å². The van der Waals surface area contributed by atoms with Gasteiger partial charge in [-0.15, -0.1) is 0 Å². The Hall–Kier alpha value is -1.59. The molecule has 106 valence electrons. The first-order chi connectivity index (χ1) is 9.13. The summed E-state index contributed by atoms with van der Waals surface area (Å²) in [5.41, 5.74) is 1.13. The minimum Gasteiger partial charge on any atom is -0.494 e. The Bertz CT molecular complexity index is 374. The predicted molar refractivity (Wildman–Crippen MR) is 70.4 cm³/mol. The Morgan fingerprint density at radius 1 is 1.26 bits per heavy atom. The van der Waals surface area contributed by atoms with Gasteiger partial charge in [-0.3, -0.25) is 0 Å². The Balaban J connectivity index is 2.17. The molecular weight excluding hydrogens is 248 g/mol. The van der Waals surface area contributed by atoms with Crippen molar-refractivity contribution < 1.29 is 24.5 Å². The molecule has 0 aromatic heterocycles. The molecule has 0 saturated carbocycles. The number of hydrogen-bond acceptors (Lipinski definition) is 4. The smallest absolute Gasteiger partial charge is 0.332 e. The number of aliphatic hydroxyl groups excluding tert-OH is 1. The average Bonchev–Trinajstić information content (AvgIpc) is 2.40. The van der Waals surface area contributed by atoms with Crippen molar-refractivity contribution in [1.82, 2.24) is 0 Å². The topological polar surface area (TPSA) is 76.0 Å². The number of benzene rings is 1. The second kappa shape index (κ2) is 8.50. The lowest BCUT2D eigenvalue weighted by Crippen LogP contribution is -2.21. The minimum absolute atomic E-state index is 0.110. The molecule has 0 spiro atoms. The number of carboxylic acid groups (broad SMARTS) is 1. The Kier molecular flexibility index (Phi) is 6.92. The first-order valence-corrected chi connectivity index (χ1v) is 6.34. The van der Waals surface area contributed by atoms with E-state index in [1.54, 1.807) is 0 Å². The zero-order chi connectivity index (χ0) is 14.1. The fraction of sp³-hybridized carbons (Fsp3) is 0.500. The molecule has 0 saturated heterocycles. The zero-order valence-electron chi connectivity index (χ0n) is 11.0. The van der Waals surface area contributed by atoms with E-state index in [9.17, 15) is 4.79 Å². The third-order valence-electron chi connectivity index (χ3n) is 2.59. The normalized spacial score (nSPS) is 12.1. The summed E-state index contributed by atoms with van der Waals surface area (Å²) in [7, 11) is 0. The monoisotopic (exact) mass is 268 g/mol. The molecule has 2 N–H and O–H groups in total. The van der Waals surface area contributed by atoms with E-state index >= 15 is 0 Å². The first kappa shape index (κ1) is 15.5. The fourth-order valence-corrected chi connectivity index (χ4v) is 1.53. The number of carboxylic acids is 1. The van der Waals surface area contributed by atoms with Crippen LogP contribution in [0.1, 0.15) is 18.9 Å². The van der Waals surface area contributed by atoms with Gasteiger partial charge in [0.05, 0.1) is 13.2 Å². The van der Waals surface area contributed by atoms with Gasteiger partial charge in [0.15, 0.2) is 6.10 Å². The summed E-state index contributed by atoms with van der Waals surface area (Å²) in [5.74, 6) is -0.369. The van der Waals surface area contributed by atoms with Crippen molar-refractivity contribution in [3.8, 4) is 5.75 Å². The summed E-state index contributed by atoms with van der Waals surface area (Å²) in [6.45, 7) is 3.33. The van der Waals surface area contributed by atoms with Crippen LogP contribution in [0.25, 0.3) is 0 Å². The highest BCUT2D eigenvalue weighted by Crippen LogP contribution is 2.12. The molecule has 0 bridgehead atoms. The van der Waals surface area contributed by atoms with Crippen molar-refractivity contribution in [2.24, 2.45) is 0 Å². The third-order valence-corrected chi connectivity index (χ3v) is 2.59. The lowest BCUT2D eigenvalue weighted by molar-refractivity contribution is -0.147. The van der Waals surface area contributed by atoms with E-state index in [4.69, 9.17) is 19.7 Å². The molecule has 1 aromatic carbocycles. The van der Waals surface area contributed by atoms with E-state index in [1.165, 1.54) is 0 Å². The molecule has 0 aliphatic rings. The Morgan fingerprint density at radius 2 is 1.95 bits per heavy atom.